The van der Waals surface area contributed by atoms with Gasteiger partial charge in [0.25, 0.3) is 6.71 Å². The SMILES string of the molecule is CC(C)c1cnn2c(NCc3ccccc3-c3nccc4cc(NC=O)ccc34)nc(NCC3CCB(C#N)CC3O)nc12. The molecule has 1 fully saturated rings. The van der Waals surface area contributed by atoms with Gasteiger partial charge in [-0.15, -0.1) is 0 Å². The number of carbonyl (C=O) groups is 1. The summed E-state index contributed by atoms with van der Waals surface area (Å²) in [5.41, 5.74) is 5.31. The Morgan fingerprint density at radius 3 is 2.84 bits per heavy atom. The van der Waals surface area contributed by atoms with Gasteiger partial charge in [-0.25, -0.2) is 5.26 Å². The highest BCUT2D eigenvalue weighted by atomic mass is 16.3. The zero-order valence-corrected chi connectivity index (χ0v) is 24.7. The number of fused-ring (bicyclic) bond motifs is 2. The number of anilines is 3. The maximum absolute atomic E-state index is 10.9. The molecule has 1 aliphatic heterocycles. The lowest BCUT2D eigenvalue weighted by Crippen LogP contribution is -2.36. The van der Waals surface area contributed by atoms with Gasteiger partial charge in [0.1, 0.15) is 0 Å². The van der Waals surface area contributed by atoms with Crippen LogP contribution < -0.4 is 16.0 Å². The lowest BCUT2D eigenvalue weighted by molar-refractivity contribution is -0.105. The lowest BCUT2D eigenvalue weighted by atomic mass is 9.41. The number of pyridine rings is 1. The van der Waals surface area contributed by atoms with Crippen molar-refractivity contribution in [1.82, 2.24) is 24.6 Å². The highest BCUT2D eigenvalue weighted by Gasteiger charge is 2.31. The average Bonchev–Trinajstić information content (AvgIpc) is 3.47. The second-order valence-corrected chi connectivity index (χ2v) is 11.6. The predicted octanol–water partition coefficient (Wildman–Crippen LogP) is 4.99. The van der Waals surface area contributed by atoms with Gasteiger partial charge in [-0.05, 0) is 41.4 Å². The van der Waals surface area contributed by atoms with Gasteiger partial charge in [0.15, 0.2) is 5.65 Å². The van der Waals surface area contributed by atoms with E-state index in [9.17, 15) is 15.2 Å². The molecule has 0 radical (unpaired) electrons. The fourth-order valence-corrected chi connectivity index (χ4v) is 5.91. The zero-order chi connectivity index (χ0) is 30.6. The number of hydrogen-bond donors (Lipinski definition) is 4. The van der Waals surface area contributed by atoms with E-state index in [1.54, 1.807) is 10.7 Å². The third kappa shape index (κ3) is 5.91. The summed E-state index contributed by atoms with van der Waals surface area (Å²) >= 11 is 0. The standard InChI is InChI=1S/C32H34BN9O2/c1-20(2)27-17-39-42-30(27)40-31(36-16-23-9-11-33(18-34)14-28(23)44)41-32(42)37-15-22-5-3-4-6-25(22)29-26-8-7-24(38-19-43)13-21(26)10-12-35-29/h3-8,10,12-13,17,19-20,23,28,44H,9,11,14-16H2,1-2H3,(H,38,43)(H2,36,37,40,41). The van der Waals surface area contributed by atoms with E-state index in [0.29, 0.717) is 37.7 Å². The van der Waals surface area contributed by atoms with E-state index in [1.165, 1.54) is 0 Å². The molecule has 12 heteroatoms. The first-order chi connectivity index (χ1) is 21.4. The predicted molar refractivity (Wildman–Crippen MR) is 173 cm³/mol. The molecule has 6 rings (SSSR count). The molecule has 0 saturated carbocycles. The largest absolute Gasteiger partial charge is 0.393 e. The summed E-state index contributed by atoms with van der Waals surface area (Å²) < 4.78 is 1.73. The molecule has 5 aromatic rings. The second-order valence-electron chi connectivity index (χ2n) is 11.6. The molecule has 2 unspecified atom stereocenters. The van der Waals surface area contributed by atoms with Crippen molar-refractivity contribution >= 4 is 47.1 Å². The maximum atomic E-state index is 10.9. The minimum atomic E-state index is -0.532. The summed E-state index contributed by atoms with van der Waals surface area (Å²) in [6.45, 7) is 5.09. The molecule has 1 saturated heterocycles. The van der Waals surface area contributed by atoms with Gasteiger partial charge in [0.2, 0.25) is 18.3 Å². The number of amides is 1. The highest BCUT2D eigenvalue weighted by molar-refractivity contribution is 6.67. The van der Waals surface area contributed by atoms with Crippen LogP contribution in [0.15, 0.2) is 60.9 Å². The normalized spacial score (nSPS) is 16.7. The summed E-state index contributed by atoms with van der Waals surface area (Å²) in [4.78, 5) is 25.3. The Balaban J connectivity index is 1.29. The van der Waals surface area contributed by atoms with Gasteiger partial charge in [-0.3, -0.25) is 9.78 Å². The monoisotopic (exact) mass is 587 g/mol. The van der Waals surface area contributed by atoms with E-state index in [0.717, 1.165) is 57.2 Å². The Morgan fingerprint density at radius 2 is 2.05 bits per heavy atom. The summed E-state index contributed by atoms with van der Waals surface area (Å²) in [5, 5.41) is 36.0. The smallest absolute Gasteiger partial charge is 0.270 e. The number of carbonyl (C=O) groups excluding carboxylic acids is 1. The molecule has 3 aromatic heterocycles. The summed E-state index contributed by atoms with van der Waals surface area (Å²) in [5.74, 6) is 3.53. The molecule has 0 bridgehead atoms. The molecule has 2 atom stereocenters. The molecule has 11 nitrogen and oxygen atoms in total. The van der Waals surface area contributed by atoms with Gasteiger partial charge in [-0.2, -0.15) is 19.6 Å². The van der Waals surface area contributed by atoms with E-state index < -0.39 is 6.10 Å². The van der Waals surface area contributed by atoms with E-state index in [2.05, 4.69) is 53.0 Å². The zero-order valence-electron chi connectivity index (χ0n) is 24.7. The van der Waals surface area contributed by atoms with Crippen LogP contribution in [0.5, 0.6) is 0 Å². The molecular weight excluding hydrogens is 553 g/mol. The molecule has 222 valence electrons. The molecule has 0 aliphatic carbocycles. The van der Waals surface area contributed by atoms with Crippen molar-refractivity contribution in [1.29, 1.82) is 5.26 Å². The number of nitrogens with one attached hydrogen (secondary N) is 3. The lowest BCUT2D eigenvalue weighted by Gasteiger charge is -2.29. The number of rotatable bonds is 10. The van der Waals surface area contributed by atoms with Gasteiger partial charge >= 0.3 is 0 Å². The Morgan fingerprint density at radius 1 is 1.18 bits per heavy atom. The second kappa shape index (κ2) is 12.7. The van der Waals surface area contributed by atoms with Gasteiger partial charge < -0.3 is 21.1 Å². The molecular formula is C32H34BN9O2. The average molecular weight is 587 g/mol. The van der Waals surface area contributed by atoms with Crippen LogP contribution in [0.1, 0.15) is 37.3 Å². The Hall–Kier alpha value is -5.02. The first kappa shape index (κ1) is 29.1. The molecule has 1 aliphatic rings. The summed E-state index contributed by atoms with van der Waals surface area (Å²) in [6, 6.07) is 15.8. The fraction of sp³-hybridized carbons (Fsp3) is 0.312. The molecule has 44 heavy (non-hydrogen) atoms. The van der Waals surface area contributed by atoms with Crippen molar-refractivity contribution in [3.05, 3.63) is 72.1 Å². The van der Waals surface area contributed by atoms with Gasteiger partial charge in [-0.1, -0.05) is 56.9 Å². The van der Waals surface area contributed by atoms with Crippen LogP contribution >= 0.6 is 0 Å². The first-order valence-electron chi connectivity index (χ1n) is 14.9. The molecule has 4 heterocycles. The van der Waals surface area contributed by atoms with Crippen molar-refractivity contribution in [2.45, 2.75) is 51.5 Å². The first-order valence-corrected chi connectivity index (χ1v) is 14.9. The number of hydrogen-bond acceptors (Lipinski definition) is 9. The summed E-state index contributed by atoms with van der Waals surface area (Å²) in [7, 11) is 0. The highest BCUT2D eigenvalue weighted by Crippen LogP contribution is 2.31. The Kier molecular flexibility index (Phi) is 8.39. The van der Waals surface area contributed by atoms with Crippen molar-refractivity contribution in [2.75, 3.05) is 22.5 Å². The van der Waals surface area contributed by atoms with E-state index >= 15 is 0 Å². The minimum Gasteiger partial charge on any atom is -0.393 e. The van der Waals surface area contributed by atoms with Crippen LogP contribution in [0.25, 0.3) is 27.7 Å². The molecule has 1 amide bonds. The minimum absolute atomic E-state index is 0.0238. The number of aromatic nitrogens is 5. The number of nitrogens with zero attached hydrogens (tertiary/aromatic N) is 6. The maximum Gasteiger partial charge on any atom is 0.270 e. The number of nitriles is 1. The third-order valence-electron chi connectivity index (χ3n) is 8.38. The number of benzene rings is 2. The van der Waals surface area contributed by atoms with Crippen molar-refractivity contribution < 1.29 is 9.90 Å². The van der Waals surface area contributed by atoms with E-state index in [-0.39, 0.29) is 18.5 Å². The topological polar surface area (TPSA) is 153 Å². The van der Waals surface area contributed by atoms with E-state index in [1.807, 2.05) is 42.6 Å². The van der Waals surface area contributed by atoms with Crippen molar-refractivity contribution in [2.24, 2.45) is 5.92 Å². The fourth-order valence-electron chi connectivity index (χ4n) is 5.91. The third-order valence-corrected chi connectivity index (χ3v) is 8.38. The van der Waals surface area contributed by atoms with Crippen LogP contribution in [-0.2, 0) is 11.3 Å². The molecule has 0 spiro atoms. The molecule has 2 aromatic carbocycles. The van der Waals surface area contributed by atoms with Gasteiger partial charge in [0.05, 0.1) is 18.0 Å². The quantitative estimate of drug-likeness (QED) is 0.131. The Labute approximate surface area is 255 Å². The van der Waals surface area contributed by atoms with Crippen molar-refractivity contribution in [3.8, 4) is 17.2 Å². The van der Waals surface area contributed by atoms with Crippen LogP contribution in [-0.4, -0.2) is 55.4 Å². The van der Waals surface area contributed by atoms with Crippen LogP contribution in [0, 0.1) is 17.1 Å². The van der Waals surface area contributed by atoms with Gasteiger partial charge in [0, 0.05) is 53.4 Å². The van der Waals surface area contributed by atoms with Crippen LogP contribution in [0.3, 0.4) is 0 Å². The molecule has 4 N–H and O–H groups in total. The number of aliphatic hydroxyl groups is 1. The van der Waals surface area contributed by atoms with Crippen LogP contribution in [0.2, 0.25) is 12.6 Å². The summed E-state index contributed by atoms with van der Waals surface area (Å²) in [6.07, 6.45) is 5.81. The number of aliphatic hydroxyl groups excluding tert-OH is 1. The Bertz CT molecular complexity index is 1850. The van der Waals surface area contributed by atoms with Crippen LogP contribution in [0.4, 0.5) is 17.6 Å². The van der Waals surface area contributed by atoms with Crippen molar-refractivity contribution in [3.63, 3.8) is 0 Å². The van der Waals surface area contributed by atoms with E-state index in [4.69, 9.17) is 15.0 Å².